The molecule has 1 aliphatic carbocycles. The van der Waals surface area contributed by atoms with Crippen LogP contribution in [0.5, 0.6) is 0 Å². The van der Waals surface area contributed by atoms with Crippen LogP contribution in [0.15, 0.2) is 91.0 Å². The van der Waals surface area contributed by atoms with Gasteiger partial charge < -0.3 is 0 Å². The van der Waals surface area contributed by atoms with Gasteiger partial charge >= 0.3 is 0 Å². The molecule has 0 radical (unpaired) electrons. The Kier molecular flexibility index (Phi) is 3.02. The average molecular weight is 306 g/mol. The monoisotopic (exact) mass is 306 g/mol. The van der Waals surface area contributed by atoms with E-state index in [2.05, 4.69) is 91.0 Å². The van der Waals surface area contributed by atoms with Gasteiger partial charge in [-0.15, -0.1) is 0 Å². The van der Waals surface area contributed by atoms with Crippen LogP contribution in [0.4, 0.5) is 0 Å². The molecule has 1 aliphatic rings. The second-order valence-corrected chi connectivity index (χ2v) is 6.59. The molecular weight excluding hydrogens is 288 g/mol. The van der Waals surface area contributed by atoms with Crippen LogP contribution in [-0.2, 0) is 0 Å². The van der Waals surface area contributed by atoms with Crippen molar-refractivity contribution >= 4 is 32.3 Å². The summed E-state index contributed by atoms with van der Waals surface area (Å²) in [7, 11) is 0. The first-order valence-electron chi connectivity index (χ1n) is 8.58. The molecule has 0 fully saturated rings. The third-order valence-electron chi connectivity index (χ3n) is 5.14. The topological polar surface area (TPSA) is 0 Å². The van der Waals surface area contributed by atoms with Gasteiger partial charge in [-0.2, -0.15) is 0 Å². The Morgan fingerprint density at radius 3 is 2.29 bits per heavy atom. The van der Waals surface area contributed by atoms with Crippen molar-refractivity contribution in [3.63, 3.8) is 0 Å². The number of fused-ring (bicyclic) bond motifs is 4. The molecule has 114 valence electrons. The summed E-state index contributed by atoms with van der Waals surface area (Å²) >= 11 is 0. The molecule has 24 heavy (non-hydrogen) atoms. The molecule has 0 aromatic heterocycles. The first kappa shape index (κ1) is 13.6. The molecule has 0 aliphatic heterocycles. The van der Waals surface area contributed by atoms with Crippen LogP contribution >= 0.6 is 0 Å². The molecule has 0 bridgehead atoms. The van der Waals surface area contributed by atoms with Gasteiger partial charge in [-0.05, 0) is 56.4 Å². The number of hydrogen-bond acceptors (Lipinski definition) is 0. The molecule has 0 spiro atoms. The summed E-state index contributed by atoms with van der Waals surface area (Å²) in [6, 6.07) is 24.5. The zero-order chi connectivity index (χ0) is 15.9. The minimum atomic E-state index is 0.468. The maximum absolute atomic E-state index is 2.36. The highest BCUT2D eigenvalue weighted by Crippen LogP contribution is 2.36. The zero-order valence-corrected chi connectivity index (χ0v) is 13.4. The summed E-state index contributed by atoms with van der Waals surface area (Å²) in [6.07, 6.45) is 10.00. The van der Waals surface area contributed by atoms with Gasteiger partial charge in [0.1, 0.15) is 0 Å². The van der Waals surface area contributed by atoms with E-state index in [0.717, 1.165) is 6.42 Å². The molecule has 1 unspecified atom stereocenters. The van der Waals surface area contributed by atoms with Crippen LogP contribution in [-0.4, -0.2) is 0 Å². The van der Waals surface area contributed by atoms with Crippen molar-refractivity contribution < 1.29 is 0 Å². The fraction of sp³-hybridized carbons (Fsp3) is 0.0833. The van der Waals surface area contributed by atoms with Gasteiger partial charge in [0.05, 0.1) is 0 Å². The highest BCUT2D eigenvalue weighted by atomic mass is 14.2. The minimum absolute atomic E-state index is 0.468. The van der Waals surface area contributed by atoms with E-state index >= 15 is 0 Å². The van der Waals surface area contributed by atoms with Crippen molar-refractivity contribution in [2.75, 3.05) is 0 Å². The Morgan fingerprint density at radius 1 is 0.667 bits per heavy atom. The van der Waals surface area contributed by atoms with E-state index in [9.17, 15) is 0 Å². The molecule has 0 N–H and O–H groups in total. The van der Waals surface area contributed by atoms with Crippen LogP contribution in [0.2, 0.25) is 0 Å². The quantitative estimate of drug-likeness (QED) is 0.269. The molecule has 0 nitrogen and oxygen atoms in total. The van der Waals surface area contributed by atoms with E-state index in [4.69, 9.17) is 0 Å². The smallest absolute Gasteiger partial charge is 0.00620 e. The third-order valence-corrected chi connectivity index (χ3v) is 5.14. The first-order valence-corrected chi connectivity index (χ1v) is 8.58. The number of allylic oxidation sites excluding steroid dienone is 4. The molecule has 0 heterocycles. The third kappa shape index (κ3) is 2.07. The zero-order valence-electron chi connectivity index (χ0n) is 13.4. The lowest BCUT2D eigenvalue weighted by Crippen LogP contribution is -1.98. The predicted octanol–water partition coefficient (Wildman–Crippen LogP) is 6.75. The Bertz CT molecular complexity index is 1130. The predicted molar refractivity (Wildman–Crippen MR) is 105 cm³/mol. The maximum atomic E-state index is 2.36. The lowest BCUT2D eigenvalue weighted by molar-refractivity contribution is 0.863. The van der Waals surface area contributed by atoms with Crippen LogP contribution in [0.1, 0.15) is 17.9 Å². The Labute approximate surface area is 141 Å². The maximum Gasteiger partial charge on any atom is 0.00620 e. The lowest BCUT2D eigenvalue weighted by atomic mass is 9.86. The van der Waals surface area contributed by atoms with Crippen molar-refractivity contribution in [3.05, 3.63) is 96.6 Å². The minimum Gasteiger partial charge on any atom is -0.0836 e. The molecule has 5 rings (SSSR count). The van der Waals surface area contributed by atoms with Crippen molar-refractivity contribution in [1.82, 2.24) is 0 Å². The highest BCUT2D eigenvalue weighted by Gasteiger charge is 2.14. The SMILES string of the molecule is C1=CCC(c2cccc3ccc4cc5ccccc5cc4c23)C=C1. The summed E-state index contributed by atoms with van der Waals surface area (Å²) in [5.41, 5.74) is 1.44. The van der Waals surface area contributed by atoms with Crippen molar-refractivity contribution in [1.29, 1.82) is 0 Å². The summed E-state index contributed by atoms with van der Waals surface area (Å²) in [6.45, 7) is 0. The average Bonchev–Trinajstić information content (AvgIpc) is 2.66. The van der Waals surface area contributed by atoms with E-state index in [-0.39, 0.29) is 0 Å². The van der Waals surface area contributed by atoms with Gasteiger partial charge in [0, 0.05) is 5.92 Å². The van der Waals surface area contributed by atoms with E-state index in [1.165, 1.54) is 37.9 Å². The van der Waals surface area contributed by atoms with Gasteiger partial charge in [0.2, 0.25) is 0 Å². The molecule has 0 saturated carbocycles. The summed E-state index contributed by atoms with van der Waals surface area (Å²) in [4.78, 5) is 0. The molecule has 4 aromatic rings. The van der Waals surface area contributed by atoms with E-state index in [0.29, 0.717) is 5.92 Å². The molecule has 4 aromatic carbocycles. The summed E-state index contributed by atoms with van der Waals surface area (Å²) < 4.78 is 0. The van der Waals surface area contributed by atoms with Gasteiger partial charge in [-0.3, -0.25) is 0 Å². The molecule has 0 saturated heterocycles. The van der Waals surface area contributed by atoms with Crippen LogP contribution in [0, 0.1) is 0 Å². The van der Waals surface area contributed by atoms with Gasteiger partial charge in [-0.1, -0.05) is 78.9 Å². The van der Waals surface area contributed by atoms with Crippen LogP contribution in [0.25, 0.3) is 32.3 Å². The molecule has 0 heteroatoms. The molecular formula is C24H18. The second-order valence-electron chi connectivity index (χ2n) is 6.59. The number of hydrogen-bond donors (Lipinski definition) is 0. The Morgan fingerprint density at radius 2 is 1.46 bits per heavy atom. The molecule has 0 amide bonds. The van der Waals surface area contributed by atoms with Crippen LogP contribution < -0.4 is 0 Å². The Balaban J connectivity index is 1.89. The summed E-state index contributed by atoms with van der Waals surface area (Å²) in [5.74, 6) is 0.468. The van der Waals surface area contributed by atoms with Crippen molar-refractivity contribution in [2.45, 2.75) is 12.3 Å². The fourth-order valence-corrected chi connectivity index (χ4v) is 3.95. The van der Waals surface area contributed by atoms with Gasteiger partial charge in [-0.25, -0.2) is 0 Å². The van der Waals surface area contributed by atoms with Gasteiger partial charge in [0.15, 0.2) is 0 Å². The normalized spacial score (nSPS) is 17.1. The van der Waals surface area contributed by atoms with Crippen molar-refractivity contribution in [2.24, 2.45) is 0 Å². The van der Waals surface area contributed by atoms with Crippen LogP contribution in [0.3, 0.4) is 0 Å². The standard InChI is InChI=1S/C24H18/c1-2-7-17(8-3-1)22-12-6-11-18-13-14-21-15-19-9-4-5-10-20(19)16-23(21)24(18)22/h1-7,9-17H,8H2. The number of benzene rings is 4. The van der Waals surface area contributed by atoms with Crippen molar-refractivity contribution in [3.8, 4) is 0 Å². The number of rotatable bonds is 1. The largest absolute Gasteiger partial charge is 0.0836 e. The van der Waals surface area contributed by atoms with E-state index in [1.807, 2.05) is 0 Å². The van der Waals surface area contributed by atoms with E-state index < -0.39 is 0 Å². The van der Waals surface area contributed by atoms with E-state index in [1.54, 1.807) is 0 Å². The fourth-order valence-electron chi connectivity index (χ4n) is 3.95. The highest BCUT2D eigenvalue weighted by molar-refractivity contribution is 6.13. The molecule has 1 atom stereocenters. The Hall–Kier alpha value is -2.86. The second kappa shape index (κ2) is 5.35. The van der Waals surface area contributed by atoms with Gasteiger partial charge in [0.25, 0.3) is 0 Å². The summed E-state index contributed by atoms with van der Waals surface area (Å²) in [5, 5.41) is 8.05. The first-order chi connectivity index (χ1) is 11.9. The lowest BCUT2D eigenvalue weighted by Gasteiger charge is -2.18.